The molecule has 1 fully saturated rings. The summed E-state index contributed by atoms with van der Waals surface area (Å²) >= 11 is 0. The minimum atomic E-state index is -1.28. The predicted octanol–water partition coefficient (Wildman–Crippen LogP) is 2.27. The molecule has 0 bridgehead atoms. The molecule has 1 aromatic carbocycles. The average molecular weight is 279 g/mol. The molecule has 0 unspecified atom stereocenters. The minimum Gasteiger partial charge on any atom is -0.419 e. The van der Waals surface area contributed by atoms with Crippen molar-refractivity contribution in [2.24, 2.45) is 0 Å². The number of hydrogen-bond acceptors (Lipinski definition) is 5. The predicted molar refractivity (Wildman–Crippen MR) is 69.1 cm³/mol. The molecule has 0 atom stereocenters. The Morgan fingerprint density at radius 1 is 1.15 bits per heavy atom. The molecule has 2 rings (SSSR count). The lowest BCUT2D eigenvalue weighted by atomic mass is 10.2. The van der Waals surface area contributed by atoms with E-state index in [1.165, 1.54) is 26.0 Å². The number of aryl methyl sites for hydroxylation is 1. The van der Waals surface area contributed by atoms with Crippen molar-refractivity contribution in [2.45, 2.75) is 26.6 Å². The molecule has 20 heavy (non-hydrogen) atoms. The molecule has 1 saturated heterocycles. The maximum atomic E-state index is 13.2. The van der Waals surface area contributed by atoms with E-state index in [1.54, 1.807) is 13.0 Å². The lowest BCUT2D eigenvalue weighted by molar-refractivity contribution is -0.222. The standard InChI is InChI=1S/C14H14FNO4/c1-8-4-9(15)6-10(5-8)16-7-11-12(17)19-14(2,3)20-13(11)18/h4-7,16H,1-3H3. The van der Waals surface area contributed by atoms with Gasteiger partial charge in [0, 0.05) is 25.7 Å². The molecule has 1 aromatic rings. The van der Waals surface area contributed by atoms with Crippen LogP contribution in [0.25, 0.3) is 0 Å². The summed E-state index contributed by atoms with van der Waals surface area (Å²) < 4.78 is 23.1. The Bertz CT molecular complexity index is 565. The van der Waals surface area contributed by atoms with Gasteiger partial charge >= 0.3 is 11.9 Å². The van der Waals surface area contributed by atoms with Gasteiger partial charge in [-0.25, -0.2) is 14.0 Å². The van der Waals surface area contributed by atoms with E-state index in [4.69, 9.17) is 9.47 Å². The summed E-state index contributed by atoms with van der Waals surface area (Å²) in [6.45, 7) is 4.65. The number of nitrogens with one attached hydrogen (secondary N) is 1. The SMILES string of the molecule is Cc1cc(F)cc(NC=C2C(=O)OC(C)(C)OC2=O)c1. The molecular formula is C14H14FNO4. The van der Waals surface area contributed by atoms with E-state index in [9.17, 15) is 14.0 Å². The third kappa shape index (κ3) is 3.14. The van der Waals surface area contributed by atoms with Gasteiger partial charge in [-0.3, -0.25) is 0 Å². The van der Waals surface area contributed by atoms with Gasteiger partial charge in [-0.05, 0) is 30.7 Å². The summed E-state index contributed by atoms with van der Waals surface area (Å²) in [6, 6.07) is 4.28. The van der Waals surface area contributed by atoms with Gasteiger partial charge in [-0.1, -0.05) is 0 Å². The molecule has 6 heteroatoms. The maximum Gasteiger partial charge on any atom is 0.350 e. The first-order chi connectivity index (χ1) is 9.27. The summed E-state index contributed by atoms with van der Waals surface area (Å²) in [5.41, 5.74) is 0.854. The minimum absolute atomic E-state index is 0.272. The number of cyclic esters (lactones) is 2. The maximum absolute atomic E-state index is 13.2. The number of rotatable bonds is 2. The third-order valence-corrected chi connectivity index (χ3v) is 2.54. The van der Waals surface area contributed by atoms with Crippen LogP contribution in [0.4, 0.5) is 10.1 Å². The largest absolute Gasteiger partial charge is 0.419 e. The van der Waals surface area contributed by atoms with Crippen LogP contribution in [-0.2, 0) is 19.1 Å². The van der Waals surface area contributed by atoms with Crippen LogP contribution in [0, 0.1) is 12.7 Å². The van der Waals surface area contributed by atoms with Gasteiger partial charge in [-0.2, -0.15) is 0 Å². The molecule has 0 aromatic heterocycles. The van der Waals surface area contributed by atoms with E-state index >= 15 is 0 Å². The fourth-order valence-corrected chi connectivity index (χ4v) is 1.75. The highest BCUT2D eigenvalue weighted by molar-refractivity contribution is 6.15. The van der Waals surface area contributed by atoms with Gasteiger partial charge in [0.15, 0.2) is 5.57 Å². The van der Waals surface area contributed by atoms with E-state index in [0.717, 1.165) is 6.20 Å². The number of hydrogen-bond donors (Lipinski definition) is 1. The molecule has 0 amide bonds. The molecule has 1 heterocycles. The Morgan fingerprint density at radius 2 is 1.75 bits per heavy atom. The summed E-state index contributed by atoms with van der Waals surface area (Å²) in [5.74, 6) is -3.26. The van der Waals surface area contributed by atoms with Crippen molar-refractivity contribution in [3.63, 3.8) is 0 Å². The van der Waals surface area contributed by atoms with Crippen LogP contribution in [0.3, 0.4) is 0 Å². The van der Waals surface area contributed by atoms with Crippen molar-refractivity contribution in [2.75, 3.05) is 5.32 Å². The van der Waals surface area contributed by atoms with Crippen LogP contribution in [0.5, 0.6) is 0 Å². The lowest BCUT2D eigenvalue weighted by Gasteiger charge is -2.29. The number of carbonyl (C=O) groups is 2. The summed E-state index contributed by atoms with van der Waals surface area (Å²) in [7, 11) is 0. The van der Waals surface area contributed by atoms with Crippen LogP contribution in [0.1, 0.15) is 19.4 Å². The van der Waals surface area contributed by atoms with Crippen molar-refractivity contribution < 1.29 is 23.5 Å². The van der Waals surface area contributed by atoms with Crippen molar-refractivity contribution in [3.05, 3.63) is 41.4 Å². The number of esters is 2. The van der Waals surface area contributed by atoms with Crippen molar-refractivity contribution in [1.82, 2.24) is 0 Å². The molecular weight excluding hydrogens is 265 g/mol. The zero-order valence-corrected chi connectivity index (χ0v) is 11.3. The molecule has 0 saturated carbocycles. The van der Waals surface area contributed by atoms with Crippen molar-refractivity contribution in [1.29, 1.82) is 0 Å². The fraction of sp³-hybridized carbons (Fsp3) is 0.286. The van der Waals surface area contributed by atoms with Crippen LogP contribution < -0.4 is 5.32 Å². The molecule has 106 valence electrons. The van der Waals surface area contributed by atoms with Crippen LogP contribution in [0.15, 0.2) is 30.0 Å². The van der Waals surface area contributed by atoms with E-state index in [-0.39, 0.29) is 5.57 Å². The molecule has 0 spiro atoms. The van der Waals surface area contributed by atoms with Crippen LogP contribution in [0.2, 0.25) is 0 Å². The van der Waals surface area contributed by atoms with Gasteiger partial charge in [0.05, 0.1) is 0 Å². The molecule has 1 aliphatic heterocycles. The summed E-state index contributed by atoms with van der Waals surface area (Å²) in [4.78, 5) is 23.3. The van der Waals surface area contributed by atoms with E-state index in [0.29, 0.717) is 11.3 Å². The molecule has 1 aliphatic rings. The van der Waals surface area contributed by atoms with Crippen LogP contribution >= 0.6 is 0 Å². The number of ether oxygens (including phenoxy) is 2. The first-order valence-electron chi connectivity index (χ1n) is 5.97. The van der Waals surface area contributed by atoms with Gasteiger partial charge in [0.25, 0.3) is 5.79 Å². The highest BCUT2D eigenvalue weighted by Gasteiger charge is 2.38. The molecule has 5 nitrogen and oxygen atoms in total. The monoisotopic (exact) mass is 279 g/mol. The first kappa shape index (κ1) is 14.0. The van der Waals surface area contributed by atoms with Crippen LogP contribution in [-0.4, -0.2) is 17.7 Å². The Balaban J connectivity index is 2.19. The number of benzene rings is 1. The van der Waals surface area contributed by atoms with Gasteiger partial charge in [0.2, 0.25) is 0 Å². The zero-order chi connectivity index (χ0) is 14.9. The van der Waals surface area contributed by atoms with Gasteiger partial charge in [0.1, 0.15) is 5.82 Å². The van der Waals surface area contributed by atoms with E-state index in [1.807, 2.05) is 0 Å². The van der Waals surface area contributed by atoms with Gasteiger partial charge < -0.3 is 14.8 Å². The molecule has 0 radical (unpaired) electrons. The highest BCUT2D eigenvalue weighted by Crippen LogP contribution is 2.23. The summed E-state index contributed by atoms with van der Waals surface area (Å²) in [5, 5.41) is 2.68. The third-order valence-electron chi connectivity index (χ3n) is 2.54. The second-order valence-corrected chi connectivity index (χ2v) is 4.90. The number of carbonyl (C=O) groups excluding carboxylic acids is 2. The Kier molecular flexibility index (Phi) is 3.48. The first-order valence-corrected chi connectivity index (χ1v) is 5.97. The summed E-state index contributed by atoms with van der Waals surface area (Å²) in [6.07, 6.45) is 1.15. The van der Waals surface area contributed by atoms with Crippen molar-refractivity contribution >= 4 is 17.6 Å². The molecule has 0 aliphatic carbocycles. The average Bonchev–Trinajstić information content (AvgIpc) is 2.24. The van der Waals surface area contributed by atoms with Crippen molar-refractivity contribution in [3.8, 4) is 0 Å². The zero-order valence-electron chi connectivity index (χ0n) is 11.3. The Morgan fingerprint density at radius 3 is 2.30 bits per heavy atom. The second kappa shape index (κ2) is 4.96. The Labute approximate surface area is 115 Å². The van der Waals surface area contributed by atoms with Gasteiger partial charge in [-0.15, -0.1) is 0 Å². The van der Waals surface area contributed by atoms with E-state index < -0.39 is 23.5 Å². The fourth-order valence-electron chi connectivity index (χ4n) is 1.75. The second-order valence-electron chi connectivity index (χ2n) is 4.90. The Hall–Kier alpha value is -2.37. The molecule has 1 N–H and O–H groups in total. The topological polar surface area (TPSA) is 64.6 Å². The van der Waals surface area contributed by atoms with E-state index in [2.05, 4.69) is 5.32 Å². The smallest absolute Gasteiger partial charge is 0.350 e. The number of anilines is 1. The number of halogens is 1. The normalized spacial score (nSPS) is 17.3. The quantitative estimate of drug-likeness (QED) is 0.511. The lowest BCUT2D eigenvalue weighted by Crippen LogP contribution is -2.42. The highest BCUT2D eigenvalue weighted by atomic mass is 19.1.